The number of hydrogen-bond acceptors (Lipinski definition) is 12. The van der Waals surface area contributed by atoms with E-state index in [2.05, 4.69) is 10.6 Å². The summed E-state index contributed by atoms with van der Waals surface area (Å²) >= 11 is 0. The normalized spacial score (nSPS) is 12.1. The van der Waals surface area contributed by atoms with Gasteiger partial charge in [0.2, 0.25) is 11.5 Å². The van der Waals surface area contributed by atoms with Crippen LogP contribution < -0.4 is 20.1 Å². The Bertz CT molecular complexity index is 2470. The Balaban J connectivity index is 1.32. The minimum Gasteiger partial charge on any atom is -0.504 e. The zero-order valence-corrected chi connectivity index (χ0v) is 29.9. The number of hydrogen-bond donors (Lipinski definition) is 10. The molecule has 10 N–H and O–H groups in total. The number of sulfonamides is 2. The Labute approximate surface area is 321 Å². The lowest BCUT2D eigenvalue weighted by Crippen LogP contribution is -2.17. The van der Waals surface area contributed by atoms with Crippen LogP contribution >= 0.6 is 0 Å². The van der Waals surface area contributed by atoms with Crippen LogP contribution in [-0.4, -0.2) is 59.3 Å². The summed E-state index contributed by atoms with van der Waals surface area (Å²) in [6.45, 7) is 0. The first kappa shape index (κ1) is 42.1. The number of nitrogens with one attached hydrogen (secondary N) is 4. The Morgan fingerprint density at radius 2 is 0.707 bits per heavy atom. The van der Waals surface area contributed by atoms with Gasteiger partial charge in [-0.15, -0.1) is 0 Å². The number of halogens is 6. The molecule has 0 saturated carbocycles. The molecule has 0 heterocycles. The Hall–Kier alpha value is -7.08. The highest BCUT2D eigenvalue weighted by Gasteiger charge is 2.33. The third kappa shape index (κ3) is 8.81. The summed E-state index contributed by atoms with van der Waals surface area (Å²) in [4.78, 5) is 23.8. The second-order valence-electron chi connectivity index (χ2n) is 11.8. The van der Waals surface area contributed by atoms with Crippen LogP contribution in [0, 0.1) is 0 Å². The first-order chi connectivity index (χ1) is 26.8. The maximum Gasteiger partial charge on any atom is 0.416 e. The van der Waals surface area contributed by atoms with Crippen LogP contribution in [0.15, 0.2) is 94.7 Å². The maximum atomic E-state index is 13.1. The summed E-state index contributed by atoms with van der Waals surface area (Å²) in [5.74, 6) is -10.8. The molecular formula is C34H24F6N4O12S2. The standard InChI is InChI=1S/C34H24F6N4O12S2/c35-33(36,37)15-1-5-19(6-2-15)43-57(53,54)23-13-21(25(45)29(49)27(23)47)31(51)41-17-9-11-18(12-10-17)42-32(52)22-14-24(28(48)30(50)26(22)46)58(55,56)44-20-7-3-16(4-8-20)34(38,39)40/h1-14,43-50H,(H,41,51)(H,42,52). The van der Waals surface area contributed by atoms with Crippen molar-refractivity contribution in [3.8, 4) is 34.5 Å². The lowest BCUT2D eigenvalue weighted by molar-refractivity contribution is -0.138. The molecule has 2 amide bonds. The van der Waals surface area contributed by atoms with Crippen molar-refractivity contribution in [1.29, 1.82) is 0 Å². The molecule has 5 aromatic carbocycles. The van der Waals surface area contributed by atoms with Gasteiger partial charge in [0.05, 0.1) is 22.3 Å². The Morgan fingerprint density at radius 1 is 0.431 bits per heavy atom. The summed E-state index contributed by atoms with van der Waals surface area (Å²) in [6, 6.07) is 10.6. The molecule has 0 aliphatic rings. The molecule has 0 aliphatic carbocycles. The number of anilines is 4. The van der Waals surface area contributed by atoms with Gasteiger partial charge in [0.15, 0.2) is 23.0 Å². The minimum atomic E-state index is -4.93. The van der Waals surface area contributed by atoms with Gasteiger partial charge in [-0.2, -0.15) is 26.3 Å². The molecule has 0 atom stereocenters. The van der Waals surface area contributed by atoms with E-state index >= 15 is 0 Å². The number of rotatable bonds is 10. The van der Waals surface area contributed by atoms with Crippen LogP contribution in [-0.2, 0) is 32.4 Å². The predicted molar refractivity (Wildman–Crippen MR) is 190 cm³/mol. The average molecular weight is 859 g/mol. The van der Waals surface area contributed by atoms with Crippen molar-refractivity contribution in [2.75, 3.05) is 20.1 Å². The highest BCUT2D eigenvalue weighted by atomic mass is 32.2. The van der Waals surface area contributed by atoms with Crippen LogP contribution in [0.25, 0.3) is 0 Å². The number of carbonyl (C=O) groups excluding carboxylic acids is 2. The topological polar surface area (TPSA) is 272 Å². The third-order valence-electron chi connectivity index (χ3n) is 7.82. The number of phenols is 6. The number of phenolic OH excluding ortho intramolecular Hbond substituents is 6. The van der Waals surface area contributed by atoms with E-state index < -0.39 is 122 Å². The maximum absolute atomic E-state index is 13.1. The lowest BCUT2D eigenvalue weighted by atomic mass is 10.1. The first-order valence-corrected chi connectivity index (χ1v) is 18.5. The van der Waals surface area contributed by atoms with Crippen molar-refractivity contribution < 1.29 is 83.4 Å². The van der Waals surface area contributed by atoms with Crippen molar-refractivity contribution >= 4 is 54.6 Å². The molecule has 5 rings (SSSR count). The molecule has 0 aromatic heterocycles. The largest absolute Gasteiger partial charge is 0.504 e. The van der Waals surface area contributed by atoms with E-state index in [9.17, 15) is 83.4 Å². The van der Waals surface area contributed by atoms with Crippen LogP contribution in [0.1, 0.15) is 31.8 Å². The summed E-state index contributed by atoms with van der Waals surface area (Å²) in [6.07, 6.45) is -9.47. The van der Waals surface area contributed by atoms with Gasteiger partial charge in [0.1, 0.15) is 9.79 Å². The first-order valence-electron chi connectivity index (χ1n) is 15.5. The van der Waals surface area contributed by atoms with E-state index in [1.165, 1.54) is 0 Å². The monoisotopic (exact) mass is 858 g/mol. The third-order valence-corrected chi connectivity index (χ3v) is 10.6. The number of amides is 2. The molecule has 0 spiro atoms. The van der Waals surface area contributed by atoms with Crippen LogP contribution in [0.3, 0.4) is 0 Å². The lowest BCUT2D eigenvalue weighted by Gasteiger charge is -2.15. The van der Waals surface area contributed by atoms with E-state index in [4.69, 9.17) is 0 Å². The smallest absolute Gasteiger partial charge is 0.416 e. The van der Waals surface area contributed by atoms with Gasteiger partial charge in [-0.25, -0.2) is 16.8 Å². The highest BCUT2D eigenvalue weighted by Crippen LogP contribution is 2.45. The number of benzene rings is 5. The van der Waals surface area contributed by atoms with Gasteiger partial charge < -0.3 is 41.3 Å². The van der Waals surface area contributed by atoms with Crippen molar-refractivity contribution in [3.63, 3.8) is 0 Å². The fraction of sp³-hybridized carbons (Fsp3) is 0.0588. The van der Waals surface area contributed by atoms with Crippen LogP contribution in [0.2, 0.25) is 0 Å². The molecule has 0 fully saturated rings. The van der Waals surface area contributed by atoms with E-state index in [-0.39, 0.29) is 11.4 Å². The molecule has 306 valence electrons. The molecule has 16 nitrogen and oxygen atoms in total. The van der Waals surface area contributed by atoms with Crippen molar-refractivity contribution in [3.05, 3.63) is 107 Å². The van der Waals surface area contributed by atoms with Crippen molar-refractivity contribution in [2.45, 2.75) is 22.1 Å². The van der Waals surface area contributed by atoms with Gasteiger partial charge >= 0.3 is 12.4 Å². The molecule has 24 heteroatoms. The minimum absolute atomic E-state index is 0.116. The summed E-state index contributed by atoms with van der Waals surface area (Å²) in [5, 5.41) is 66.1. The quantitative estimate of drug-likeness (QED) is 0.0567. The summed E-state index contributed by atoms with van der Waals surface area (Å²) in [7, 11) is -9.86. The molecule has 0 aliphatic heterocycles. The molecule has 0 bridgehead atoms. The predicted octanol–water partition coefficient (Wildman–Crippen LogP) is 6.06. The fourth-order valence-corrected chi connectivity index (χ4v) is 7.27. The van der Waals surface area contributed by atoms with Gasteiger partial charge in [-0.05, 0) is 84.9 Å². The second-order valence-corrected chi connectivity index (χ2v) is 15.1. The Kier molecular flexibility index (Phi) is 11.0. The number of carbonyl (C=O) groups is 2. The molecule has 0 radical (unpaired) electrons. The van der Waals surface area contributed by atoms with Crippen molar-refractivity contribution in [2.24, 2.45) is 0 Å². The zero-order valence-electron chi connectivity index (χ0n) is 28.3. The van der Waals surface area contributed by atoms with Crippen LogP contribution in [0.5, 0.6) is 34.5 Å². The SMILES string of the molecule is O=C(Nc1ccc(NC(=O)c2cc(S(=O)(=O)Nc3ccc(C(F)(F)F)cc3)c(O)c(O)c2O)cc1)c1cc(S(=O)(=O)Nc2ccc(C(F)(F)F)cc2)c(O)c(O)c1O. The van der Waals surface area contributed by atoms with Gasteiger partial charge in [-0.1, -0.05) is 0 Å². The van der Waals surface area contributed by atoms with E-state index in [0.29, 0.717) is 36.4 Å². The average Bonchev–Trinajstić information content (AvgIpc) is 3.13. The summed E-state index contributed by atoms with van der Waals surface area (Å²) in [5.41, 5.74) is -5.09. The van der Waals surface area contributed by atoms with Gasteiger partial charge in [0, 0.05) is 22.7 Å². The summed E-state index contributed by atoms with van der Waals surface area (Å²) < 4.78 is 133. The van der Waals surface area contributed by atoms with E-state index in [0.717, 1.165) is 48.5 Å². The van der Waals surface area contributed by atoms with Crippen molar-refractivity contribution in [1.82, 2.24) is 0 Å². The number of alkyl halides is 6. The molecule has 0 unspecified atom stereocenters. The van der Waals surface area contributed by atoms with E-state index in [1.807, 2.05) is 9.44 Å². The molecule has 5 aromatic rings. The van der Waals surface area contributed by atoms with Gasteiger partial charge in [-0.3, -0.25) is 19.0 Å². The van der Waals surface area contributed by atoms with Gasteiger partial charge in [0.25, 0.3) is 31.9 Å². The zero-order chi connectivity index (χ0) is 43.1. The highest BCUT2D eigenvalue weighted by molar-refractivity contribution is 7.93. The second kappa shape index (κ2) is 15.1. The molecule has 0 saturated heterocycles. The molecule has 58 heavy (non-hydrogen) atoms. The van der Waals surface area contributed by atoms with E-state index in [1.54, 1.807) is 0 Å². The number of aromatic hydroxyl groups is 6. The van der Waals surface area contributed by atoms with Crippen LogP contribution in [0.4, 0.5) is 49.1 Å². The fourth-order valence-electron chi connectivity index (χ4n) is 4.91. The molecular weight excluding hydrogens is 835 g/mol. The Morgan fingerprint density at radius 3 is 0.983 bits per heavy atom.